The molecule has 2 rings (SSSR count). The third-order valence-corrected chi connectivity index (χ3v) is 2.87. The molecule has 1 fully saturated rings. The average Bonchev–Trinajstić information content (AvgIpc) is 2.38. The fourth-order valence-electron chi connectivity index (χ4n) is 1.82. The lowest BCUT2D eigenvalue weighted by molar-refractivity contribution is 0.0764. The van der Waals surface area contributed by atoms with Crippen molar-refractivity contribution in [2.24, 2.45) is 0 Å². The Morgan fingerprint density at radius 1 is 1.41 bits per heavy atom. The molecule has 0 radical (unpaired) electrons. The molecule has 1 heterocycles. The highest BCUT2D eigenvalue weighted by molar-refractivity contribution is 6.30. The molecule has 17 heavy (non-hydrogen) atoms. The maximum absolute atomic E-state index is 9.07. The number of ether oxygens (including phenoxy) is 1. The van der Waals surface area contributed by atoms with E-state index in [-0.39, 0.29) is 0 Å². The number of nitriles is 2. The first-order valence-electron chi connectivity index (χ1n) is 5.20. The molecular weight excluding hydrogens is 238 g/mol. The Morgan fingerprint density at radius 3 is 2.94 bits per heavy atom. The van der Waals surface area contributed by atoms with Crippen molar-refractivity contribution in [3.05, 3.63) is 28.8 Å². The maximum atomic E-state index is 9.07. The second kappa shape index (κ2) is 5.05. The molecule has 0 aromatic heterocycles. The predicted molar refractivity (Wildman–Crippen MR) is 63.7 cm³/mol. The summed E-state index contributed by atoms with van der Waals surface area (Å²) in [5.41, 5.74) is 1.33. The topological polar surface area (TPSA) is 60.1 Å². The SMILES string of the molecule is N#Cc1cc(Cl)ccc1N1CCOC(C#N)C1. The van der Waals surface area contributed by atoms with E-state index in [0.717, 1.165) is 5.69 Å². The molecule has 1 aliphatic rings. The molecule has 0 N–H and O–H groups in total. The first kappa shape index (κ1) is 11.7. The van der Waals surface area contributed by atoms with E-state index in [9.17, 15) is 0 Å². The van der Waals surface area contributed by atoms with Crippen molar-refractivity contribution in [1.29, 1.82) is 10.5 Å². The molecule has 1 atom stereocenters. The molecule has 5 heteroatoms. The summed E-state index contributed by atoms with van der Waals surface area (Å²) >= 11 is 5.84. The van der Waals surface area contributed by atoms with Crippen LogP contribution >= 0.6 is 11.6 Å². The molecular formula is C12H10ClN3O. The minimum Gasteiger partial charge on any atom is -0.364 e. The monoisotopic (exact) mass is 247 g/mol. The fourth-order valence-corrected chi connectivity index (χ4v) is 1.99. The van der Waals surface area contributed by atoms with Gasteiger partial charge in [0.1, 0.15) is 6.07 Å². The van der Waals surface area contributed by atoms with E-state index in [0.29, 0.717) is 30.3 Å². The van der Waals surface area contributed by atoms with Gasteiger partial charge in [-0.25, -0.2) is 0 Å². The highest BCUT2D eigenvalue weighted by atomic mass is 35.5. The van der Waals surface area contributed by atoms with Crippen molar-refractivity contribution in [3.63, 3.8) is 0 Å². The first-order valence-corrected chi connectivity index (χ1v) is 5.58. The molecule has 0 aliphatic carbocycles. The lowest BCUT2D eigenvalue weighted by Crippen LogP contribution is -2.42. The van der Waals surface area contributed by atoms with E-state index in [4.69, 9.17) is 26.9 Å². The molecule has 1 saturated heterocycles. The van der Waals surface area contributed by atoms with E-state index in [1.807, 2.05) is 4.90 Å². The van der Waals surface area contributed by atoms with Crippen molar-refractivity contribution < 1.29 is 4.74 Å². The van der Waals surface area contributed by atoms with Crippen LogP contribution in [0.3, 0.4) is 0 Å². The lowest BCUT2D eigenvalue weighted by Gasteiger charge is -2.32. The van der Waals surface area contributed by atoms with E-state index < -0.39 is 6.10 Å². The van der Waals surface area contributed by atoms with Crippen LogP contribution in [0.2, 0.25) is 5.02 Å². The second-order valence-electron chi connectivity index (χ2n) is 3.71. The molecule has 86 valence electrons. The van der Waals surface area contributed by atoms with Gasteiger partial charge in [0.05, 0.1) is 30.5 Å². The van der Waals surface area contributed by atoms with Gasteiger partial charge in [0, 0.05) is 11.6 Å². The number of morpholine rings is 1. The third-order valence-electron chi connectivity index (χ3n) is 2.63. The van der Waals surface area contributed by atoms with Crippen LogP contribution in [-0.2, 0) is 4.74 Å². The molecule has 0 bridgehead atoms. The van der Waals surface area contributed by atoms with Gasteiger partial charge in [0.2, 0.25) is 0 Å². The summed E-state index contributed by atoms with van der Waals surface area (Å²) in [6.45, 7) is 1.65. The minimum atomic E-state index is -0.439. The smallest absolute Gasteiger partial charge is 0.161 e. The number of halogens is 1. The van der Waals surface area contributed by atoms with Crippen LogP contribution in [0.15, 0.2) is 18.2 Å². The first-order chi connectivity index (χ1) is 8.24. The van der Waals surface area contributed by atoms with Gasteiger partial charge in [-0.1, -0.05) is 11.6 Å². The van der Waals surface area contributed by atoms with Gasteiger partial charge in [-0.2, -0.15) is 10.5 Å². The van der Waals surface area contributed by atoms with Crippen LogP contribution in [0.25, 0.3) is 0 Å². The van der Waals surface area contributed by atoms with Crippen LogP contribution in [0.1, 0.15) is 5.56 Å². The highest BCUT2D eigenvalue weighted by Crippen LogP contribution is 2.25. The summed E-state index contributed by atoms with van der Waals surface area (Å²) in [6.07, 6.45) is -0.439. The van der Waals surface area contributed by atoms with Gasteiger partial charge in [-0.05, 0) is 18.2 Å². The van der Waals surface area contributed by atoms with Gasteiger partial charge in [0.25, 0.3) is 0 Å². The minimum absolute atomic E-state index is 0.439. The second-order valence-corrected chi connectivity index (χ2v) is 4.14. The summed E-state index contributed by atoms with van der Waals surface area (Å²) in [5.74, 6) is 0. The van der Waals surface area contributed by atoms with Crippen LogP contribution in [0.5, 0.6) is 0 Å². The summed E-state index contributed by atoms with van der Waals surface area (Å²) < 4.78 is 5.26. The zero-order valence-corrected chi connectivity index (χ0v) is 9.81. The number of rotatable bonds is 1. The Morgan fingerprint density at radius 2 is 2.24 bits per heavy atom. The van der Waals surface area contributed by atoms with Crippen LogP contribution < -0.4 is 4.90 Å². The molecule has 1 unspecified atom stereocenters. The molecule has 1 aromatic carbocycles. The maximum Gasteiger partial charge on any atom is 0.161 e. The average molecular weight is 248 g/mol. The van der Waals surface area contributed by atoms with Gasteiger partial charge >= 0.3 is 0 Å². The normalized spacial score (nSPS) is 19.5. The Labute approximate surface area is 105 Å². The third kappa shape index (κ3) is 2.50. The van der Waals surface area contributed by atoms with Crippen LogP contribution in [0, 0.1) is 22.7 Å². The predicted octanol–water partition coefficient (Wildman–Crippen LogP) is 1.94. The zero-order valence-electron chi connectivity index (χ0n) is 9.06. The van der Waals surface area contributed by atoms with Gasteiger partial charge in [0.15, 0.2) is 6.10 Å². The number of hydrogen-bond acceptors (Lipinski definition) is 4. The van der Waals surface area contributed by atoms with Crippen molar-refractivity contribution >= 4 is 17.3 Å². The Bertz CT molecular complexity index is 503. The number of hydrogen-bond donors (Lipinski definition) is 0. The van der Waals surface area contributed by atoms with E-state index in [2.05, 4.69) is 12.1 Å². The highest BCUT2D eigenvalue weighted by Gasteiger charge is 2.21. The van der Waals surface area contributed by atoms with Gasteiger partial charge < -0.3 is 9.64 Å². The Balaban J connectivity index is 2.28. The summed E-state index contributed by atoms with van der Waals surface area (Å²) in [5, 5.41) is 18.4. The van der Waals surface area contributed by atoms with Gasteiger partial charge in [-0.15, -0.1) is 0 Å². The van der Waals surface area contributed by atoms with Crippen molar-refractivity contribution in [2.75, 3.05) is 24.6 Å². The largest absolute Gasteiger partial charge is 0.364 e. The van der Waals surface area contributed by atoms with E-state index in [1.165, 1.54) is 0 Å². The molecule has 0 amide bonds. The molecule has 1 aromatic rings. The standard InChI is InChI=1S/C12H10ClN3O/c13-10-1-2-12(9(5-10)6-14)16-3-4-17-11(7-15)8-16/h1-2,5,11H,3-4,8H2. The summed E-state index contributed by atoms with van der Waals surface area (Å²) in [6, 6.07) is 9.38. The molecule has 4 nitrogen and oxygen atoms in total. The van der Waals surface area contributed by atoms with Crippen molar-refractivity contribution in [2.45, 2.75) is 6.10 Å². The number of anilines is 1. The van der Waals surface area contributed by atoms with Crippen molar-refractivity contribution in [1.82, 2.24) is 0 Å². The number of nitrogens with zero attached hydrogens (tertiary/aromatic N) is 3. The fraction of sp³-hybridized carbons (Fsp3) is 0.333. The number of benzene rings is 1. The van der Waals surface area contributed by atoms with Crippen LogP contribution in [-0.4, -0.2) is 25.8 Å². The molecule has 0 saturated carbocycles. The molecule has 1 aliphatic heterocycles. The van der Waals surface area contributed by atoms with Crippen LogP contribution in [0.4, 0.5) is 5.69 Å². The Hall–Kier alpha value is -1.75. The Kier molecular flexibility index (Phi) is 3.49. The van der Waals surface area contributed by atoms with E-state index >= 15 is 0 Å². The molecule has 0 spiro atoms. The zero-order chi connectivity index (χ0) is 12.3. The van der Waals surface area contributed by atoms with Crippen molar-refractivity contribution in [3.8, 4) is 12.1 Å². The summed E-state index contributed by atoms with van der Waals surface area (Å²) in [7, 11) is 0. The van der Waals surface area contributed by atoms with Gasteiger partial charge in [-0.3, -0.25) is 0 Å². The summed E-state index contributed by atoms with van der Waals surface area (Å²) in [4.78, 5) is 1.98. The van der Waals surface area contributed by atoms with E-state index in [1.54, 1.807) is 18.2 Å². The quantitative estimate of drug-likeness (QED) is 0.761. The lowest BCUT2D eigenvalue weighted by atomic mass is 10.1.